The van der Waals surface area contributed by atoms with Crippen LogP contribution < -0.4 is 0 Å². The Labute approximate surface area is 199 Å². The van der Waals surface area contributed by atoms with E-state index in [4.69, 9.17) is 5.11 Å². The highest BCUT2D eigenvalue weighted by Gasteiger charge is 2.37. The van der Waals surface area contributed by atoms with E-state index in [1.54, 1.807) is 13.0 Å². The number of aliphatic imine (C=N–C) groups is 1. The molecule has 0 saturated carbocycles. The minimum Gasteiger partial charge on any atom is -0.395 e. The number of nitro benzene ring substituents is 1. The number of allylic oxidation sites excluding steroid dienone is 1. The first-order chi connectivity index (χ1) is 16.4. The number of fused-ring (bicyclic) bond motifs is 1. The average molecular weight is 522 g/mol. The molecule has 184 valence electrons. The number of sulfone groups is 1. The van der Waals surface area contributed by atoms with Gasteiger partial charge < -0.3 is 5.11 Å². The zero-order valence-electron chi connectivity index (χ0n) is 18.1. The van der Waals surface area contributed by atoms with Crippen molar-refractivity contribution in [2.45, 2.75) is 28.7 Å². The second-order valence-electron chi connectivity index (χ2n) is 7.71. The smallest absolute Gasteiger partial charge is 0.295 e. The summed E-state index contributed by atoms with van der Waals surface area (Å²) in [6.07, 6.45) is 3.25. The number of non-ortho nitro benzene ring substituents is 1. The molecule has 13 nitrogen and oxygen atoms in total. The molecule has 0 spiro atoms. The van der Waals surface area contributed by atoms with Gasteiger partial charge in [0.15, 0.2) is 9.84 Å². The maximum Gasteiger partial charge on any atom is 0.295 e. The van der Waals surface area contributed by atoms with E-state index in [9.17, 15) is 31.5 Å². The molecule has 0 amide bonds. The van der Waals surface area contributed by atoms with Gasteiger partial charge >= 0.3 is 0 Å². The zero-order valence-corrected chi connectivity index (χ0v) is 19.8. The van der Waals surface area contributed by atoms with Gasteiger partial charge in [-0.05, 0) is 36.8 Å². The number of aromatic nitrogens is 3. The minimum absolute atomic E-state index is 0.0215. The first-order valence-corrected chi connectivity index (χ1v) is 13.2. The Kier molecular flexibility index (Phi) is 6.04. The Morgan fingerprint density at radius 1 is 1.14 bits per heavy atom. The maximum absolute atomic E-state index is 12.2. The second-order valence-corrected chi connectivity index (χ2v) is 11.2. The minimum atomic E-state index is -4.82. The standard InChI is InChI=1S/C20H19N5O8S2/c1-2-20(16-5-3-13(25(27)28)9-19(16)35(31,32)33)11-14(12-21-20)24-18-6-4-15(10-17(18)22-23-24)34(29,30)8-7-26/h3-6,9-12,26H,2,7-8H2,1H3,(H,31,32,33). The van der Waals surface area contributed by atoms with Gasteiger partial charge in [-0.25, -0.2) is 13.1 Å². The summed E-state index contributed by atoms with van der Waals surface area (Å²) in [5.41, 5.74) is -0.648. The zero-order chi connectivity index (χ0) is 25.6. The summed E-state index contributed by atoms with van der Waals surface area (Å²) in [7, 11) is -8.52. The van der Waals surface area contributed by atoms with Gasteiger partial charge in [-0.2, -0.15) is 8.42 Å². The number of hydrogen-bond donors (Lipinski definition) is 2. The molecule has 3 aromatic rings. The molecule has 2 N–H and O–H groups in total. The van der Waals surface area contributed by atoms with E-state index >= 15 is 0 Å². The van der Waals surface area contributed by atoms with Gasteiger partial charge in [0, 0.05) is 23.9 Å². The Bertz CT molecular complexity index is 1630. The summed E-state index contributed by atoms with van der Waals surface area (Å²) in [4.78, 5) is 14.2. The van der Waals surface area contributed by atoms with Crippen molar-refractivity contribution in [3.8, 4) is 0 Å². The van der Waals surface area contributed by atoms with Crippen LogP contribution in [0.5, 0.6) is 0 Å². The van der Waals surface area contributed by atoms with E-state index < -0.39 is 53.4 Å². The van der Waals surface area contributed by atoms with Crippen molar-refractivity contribution in [2.24, 2.45) is 4.99 Å². The lowest BCUT2D eigenvalue weighted by Crippen LogP contribution is -2.22. The molecule has 15 heteroatoms. The van der Waals surface area contributed by atoms with E-state index in [0.717, 1.165) is 12.1 Å². The maximum atomic E-state index is 12.2. The van der Waals surface area contributed by atoms with Gasteiger partial charge in [0.05, 0.1) is 33.4 Å². The van der Waals surface area contributed by atoms with Crippen molar-refractivity contribution in [1.29, 1.82) is 0 Å². The van der Waals surface area contributed by atoms with E-state index in [-0.39, 0.29) is 22.4 Å². The van der Waals surface area contributed by atoms with Gasteiger partial charge in [-0.15, -0.1) is 5.10 Å². The summed E-state index contributed by atoms with van der Waals surface area (Å²) >= 11 is 0. The van der Waals surface area contributed by atoms with E-state index in [0.29, 0.717) is 11.2 Å². The molecule has 0 radical (unpaired) electrons. The van der Waals surface area contributed by atoms with Gasteiger partial charge in [0.2, 0.25) is 0 Å². The van der Waals surface area contributed by atoms with Crippen molar-refractivity contribution < 1.29 is 31.4 Å². The van der Waals surface area contributed by atoms with Crippen LogP contribution in [-0.4, -0.2) is 65.0 Å². The Balaban J connectivity index is 1.83. The molecule has 0 bridgehead atoms. The number of aliphatic hydroxyl groups is 1. The van der Waals surface area contributed by atoms with Crippen LogP contribution in [0.15, 0.2) is 57.3 Å². The summed E-state index contributed by atoms with van der Waals surface area (Å²) in [6, 6.07) is 7.33. The third kappa shape index (κ3) is 4.34. The Morgan fingerprint density at radius 2 is 1.89 bits per heavy atom. The molecular weight excluding hydrogens is 502 g/mol. The fourth-order valence-electron chi connectivity index (χ4n) is 3.87. The lowest BCUT2D eigenvalue weighted by Gasteiger charge is -2.24. The lowest BCUT2D eigenvalue weighted by atomic mass is 9.88. The molecule has 1 unspecified atom stereocenters. The molecule has 35 heavy (non-hydrogen) atoms. The predicted octanol–water partition coefficient (Wildman–Crippen LogP) is 1.58. The monoisotopic (exact) mass is 521 g/mol. The van der Waals surface area contributed by atoms with E-state index in [2.05, 4.69) is 15.3 Å². The Morgan fingerprint density at radius 3 is 2.51 bits per heavy atom. The first kappa shape index (κ1) is 24.6. The van der Waals surface area contributed by atoms with Crippen molar-refractivity contribution in [1.82, 2.24) is 15.0 Å². The Hall–Kier alpha value is -3.53. The fraction of sp³-hybridized carbons (Fsp3) is 0.250. The number of nitrogens with zero attached hydrogens (tertiary/aromatic N) is 5. The highest BCUT2D eigenvalue weighted by Crippen LogP contribution is 2.41. The third-order valence-corrected chi connectivity index (χ3v) is 8.24. The van der Waals surface area contributed by atoms with Crippen LogP contribution in [0.4, 0.5) is 5.69 Å². The third-order valence-electron chi connectivity index (χ3n) is 5.65. The van der Waals surface area contributed by atoms with Gasteiger partial charge in [0.25, 0.3) is 15.8 Å². The first-order valence-electron chi connectivity index (χ1n) is 10.2. The van der Waals surface area contributed by atoms with Crippen LogP contribution in [-0.2, 0) is 25.5 Å². The van der Waals surface area contributed by atoms with E-state index in [1.165, 1.54) is 35.2 Å². The normalized spacial score (nSPS) is 18.2. The van der Waals surface area contributed by atoms with Gasteiger partial charge in [-0.1, -0.05) is 12.1 Å². The van der Waals surface area contributed by atoms with Gasteiger partial charge in [-0.3, -0.25) is 19.7 Å². The summed E-state index contributed by atoms with van der Waals surface area (Å²) in [5.74, 6) is -0.436. The quantitative estimate of drug-likeness (QED) is 0.249. The number of hydrogen-bond acceptors (Lipinski definition) is 10. The molecule has 4 rings (SSSR count). The highest BCUT2D eigenvalue weighted by molar-refractivity contribution is 7.91. The summed E-state index contributed by atoms with van der Waals surface area (Å²) < 4.78 is 59.7. The number of nitro groups is 1. The van der Waals surface area contributed by atoms with Crippen molar-refractivity contribution in [3.05, 3.63) is 58.2 Å². The predicted molar refractivity (Wildman–Crippen MR) is 124 cm³/mol. The molecule has 1 aromatic heterocycles. The summed E-state index contributed by atoms with van der Waals surface area (Å²) in [5, 5.41) is 28.2. The molecule has 0 saturated heterocycles. The van der Waals surface area contributed by atoms with Gasteiger partial charge in [0.1, 0.15) is 16.0 Å². The lowest BCUT2D eigenvalue weighted by molar-refractivity contribution is -0.385. The molecule has 0 fully saturated rings. The van der Waals surface area contributed by atoms with Crippen LogP contribution in [0.25, 0.3) is 16.7 Å². The average Bonchev–Trinajstić information content (AvgIpc) is 3.42. The van der Waals surface area contributed by atoms with Crippen LogP contribution in [0.2, 0.25) is 0 Å². The van der Waals surface area contributed by atoms with Crippen molar-refractivity contribution in [3.63, 3.8) is 0 Å². The summed E-state index contributed by atoms with van der Waals surface area (Å²) in [6.45, 7) is 1.20. The topological polar surface area (TPSA) is 195 Å². The highest BCUT2D eigenvalue weighted by atomic mass is 32.2. The largest absolute Gasteiger partial charge is 0.395 e. The molecule has 2 heterocycles. The van der Waals surface area contributed by atoms with Crippen LogP contribution in [0.3, 0.4) is 0 Å². The van der Waals surface area contributed by atoms with Crippen LogP contribution >= 0.6 is 0 Å². The molecule has 2 aromatic carbocycles. The molecule has 1 aliphatic rings. The van der Waals surface area contributed by atoms with Crippen LogP contribution in [0, 0.1) is 10.1 Å². The van der Waals surface area contributed by atoms with Crippen molar-refractivity contribution in [2.75, 3.05) is 12.4 Å². The van der Waals surface area contributed by atoms with Crippen molar-refractivity contribution >= 4 is 48.6 Å². The molecule has 1 aliphatic heterocycles. The van der Waals surface area contributed by atoms with Crippen LogP contribution in [0.1, 0.15) is 18.9 Å². The molecule has 0 aliphatic carbocycles. The molecular formula is C20H19N5O8S2. The second kappa shape index (κ2) is 8.60. The number of benzene rings is 2. The number of aliphatic hydroxyl groups excluding tert-OH is 1. The SMILES string of the molecule is CCC1(c2ccc([N+](=O)[O-])cc2S(=O)(=O)O)C=C(n2nnc3cc(S(=O)(=O)CCO)ccc32)C=N1. The molecule has 1 atom stereocenters. The number of rotatable bonds is 8. The van der Waals surface area contributed by atoms with E-state index in [1.807, 2.05) is 0 Å². The fourth-order valence-corrected chi connectivity index (χ4v) is 5.70.